The van der Waals surface area contributed by atoms with Crippen molar-refractivity contribution in [1.29, 1.82) is 0 Å². The topological polar surface area (TPSA) is 73.2 Å². The maximum absolute atomic E-state index is 12.5. The van der Waals surface area contributed by atoms with Crippen molar-refractivity contribution in [3.63, 3.8) is 0 Å². The van der Waals surface area contributed by atoms with Gasteiger partial charge in [-0.25, -0.2) is 4.68 Å². The number of rotatable bonds is 7. The van der Waals surface area contributed by atoms with E-state index in [9.17, 15) is 9.59 Å². The van der Waals surface area contributed by atoms with Gasteiger partial charge in [0.1, 0.15) is 18.4 Å². The maximum Gasteiger partial charge on any atom is 0.267 e. The SMILES string of the molecule is Cc1ccc(-c2ccc(=O)n(C(C)C(=O)NCCOc3cc(C)cc(C)c3)n2)cc1. The highest BCUT2D eigenvalue weighted by Crippen LogP contribution is 2.17. The molecule has 1 unspecified atom stereocenters. The van der Waals surface area contributed by atoms with Crippen LogP contribution in [0.1, 0.15) is 29.7 Å². The van der Waals surface area contributed by atoms with E-state index in [4.69, 9.17) is 4.74 Å². The van der Waals surface area contributed by atoms with Crippen LogP contribution in [0.2, 0.25) is 0 Å². The van der Waals surface area contributed by atoms with Crippen molar-refractivity contribution in [3.8, 4) is 17.0 Å². The molecule has 1 heterocycles. The Balaban J connectivity index is 1.62. The molecule has 6 nitrogen and oxygen atoms in total. The summed E-state index contributed by atoms with van der Waals surface area (Å²) < 4.78 is 6.93. The Morgan fingerprint density at radius 2 is 1.67 bits per heavy atom. The van der Waals surface area contributed by atoms with Crippen LogP contribution in [0.3, 0.4) is 0 Å². The van der Waals surface area contributed by atoms with Gasteiger partial charge in [0.05, 0.1) is 12.2 Å². The summed E-state index contributed by atoms with van der Waals surface area (Å²) in [5, 5.41) is 7.21. The molecule has 1 amide bonds. The van der Waals surface area contributed by atoms with Crippen LogP contribution in [0.15, 0.2) is 59.4 Å². The highest BCUT2D eigenvalue weighted by Gasteiger charge is 2.17. The molecule has 0 fully saturated rings. The van der Waals surface area contributed by atoms with Crippen LogP contribution in [0.25, 0.3) is 11.3 Å². The molecule has 3 rings (SSSR count). The van der Waals surface area contributed by atoms with Gasteiger partial charge in [0.15, 0.2) is 0 Å². The van der Waals surface area contributed by atoms with E-state index in [1.165, 1.54) is 10.7 Å². The molecule has 0 aliphatic rings. The van der Waals surface area contributed by atoms with Crippen LogP contribution >= 0.6 is 0 Å². The van der Waals surface area contributed by atoms with E-state index < -0.39 is 6.04 Å². The first-order chi connectivity index (χ1) is 14.3. The van der Waals surface area contributed by atoms with Crippen molar-refractivity contribution in [1.82, 2.24) is 15.1 Å². The minimum Gasteiger partial charge on any atom is -0.492 e. The fraction of sp³-hybridized carbons (Fsp3) is 0.292. The van der Waals surface area contributed by atoms with Crippen LogP contribution in [0, 0.1) is 20.8 Å². The molecule has 1 aromatic heterocycles. The zero-order valence-electron chi connectivity index (χ0n) is 17.8. The lowest BCUT2D eigenvalue weighted by molar-refractivity contribution is -0.124. The molecule has 0 saturated carbocycles. The van der Waals surface area contributed by atoms with Gasteiger partial charge in [-0.15, -0.1) is 0 Å². The van der Waals surface area contributed by atoms with Gasteiger partial charge in [0.2, 0.25) is 5.91 Å². The van der Waals surface area contributed by atoms with Gasteiger partial charge in [-0.1, -0.05) is 35.9 Å². The average Bonchev–Trinajstić information content (AvgIpc) is 2.71. The van der Waals surface area contributed by atoms with E-state index in [0.717, 1.165) is 28.0 Å². The number of amides is 1. The third-order valence-electron chi connectivity index (χ3n) is 4.78. The molecule has 0 aliphatic carbocycles. The summed E-state index contributed by atoms with van der Waals surface area (Å²) in [4.78, 5) is 24.8. The Morgan fingerprint density at radius 3 is 2.33 bits per heavy atom. The summed E-state index contributed by atoms with van der Waals surface area (Å²) >= 11 is 0. The Labute approximate surface area is 176 Å². The highest BCUT2D eigenvalue weighted by molar-refractivity contribution is 5.79. The standard InChI is InChI=1S/C24H27N3O3/c1-16-5-7-20(8-6-16)22-9-10-23(28)27(26-22)19(4)24(29)25-11-12-30-21-14-17(2)13-18(3)15-21/h5-10,13-15,19H,11-12H2,1-4H3,(H,25,29). The molecule has 6 heteroatoms. The summed E-state index contributed by atoms with van der Waals surface area (Å²) in [6.07, 6.45) is 0. The van der Waals surface area contributed by atoms with Crippen LogP contribution in [0.5, 0.6) is 5.75 Å². The molecule has 0 aliphatic heterocycles. The molecule has 0 bridgehead atoms. The predicted octanol–water partition coefficient (Wildman–Crippen LogP) is 3.59. The third-order valence-corrected chi connectivity index (χ3v) is 4.78. The smallest absolute Gasteiger partial charge is 0.267 e. The van der Waals surface area contributed by atoms with E-state index >= 15 is 0 Å². The number of aryl methyl sites for hydroxylation is 3. The van der Waals surface area contributed by atoms with Crippen molar-refractivity contribution in [2.45, 2.75) is 33.7 Å². The van der Waals surface area contributed by atoms with Gasteiger partial charge in [0.25, 0.3) is 5.56 Å². The second-order valence-electron chi connectivity index (χ2n) is 7.51. The number of nitrogens with one attached hydrogen (secondary N) is 1. The number of benzene rings is 2. The monoisotopic (exact) mass is 405 g/mol. The van der Waals surface area contributed by atoms with Gasteiger partial charge in [-0.2, -0.15) is 5.10 Å². The second-order valence-corrected chi connectivity index (χ2v) is 7.51. The number of carbonyl (C=O) groups excluding carboxylic acids is 1. The number of nitrogens with zero attached hydrogens (tertiary/aromatic N) is 2. The fourth-order valence-electron chi connectivity index (χ4n) is 3.20. The zero-order chi connectivity index (χ0) is 21.7. The molecular formula is C24H27N3O3. The molecular weight excluding hydrogens is 378 g/mol. The lowest BCUT2D eigenvalue weighted by Crippen LogP contribution is -2.38. The number of carbonyl (C=O) groups is 1. The van der Waals surface area contributed by atoms with Crippen LogP contribution in [0.4, 0.5) is 0 Å². The highest BCUT2D eigenvalue weighted by atomic mass is 16.5. The van der Waals surface area contributed by atoms with E-state index in [1.54, 1.807) is 13.0 Å². The second kappa shape index (κ2) is 9.39. The van der Waals surface area contributed by atoms with Crippen molar-refractivity contribution >= 4 is 5.91 Å². The van der Waals surface area contributed by atoms with Crippen molar-refractivity contribution < 1.29 is 9.53 Å². The predicted molar refractivity (Wildman–Crippen MR) is 118 cm³/mol. The minimum absolute atomic E-state index is 0.283. The van der Waals surface area contributed by atoms with Gasteiger partial charge >= 0.3 is 0 Å². The first-order valence-electron chi connectivity index (χ1n) is 9.99. The molecule has 1 N–H and O–H groups in total. The zero-order valence-corrected chi connectivity index (χ0v) is 17.8. The third kappa shape index (κ3) is 5.35. The molecule has 0 radical (unpaired) electrons. The normalized spacial score (nSPS) is 11.7. The van der Waals surface area contributed by atoms with Crippen LogP contribution in [-0.2, 0) is 4.79 Å². The summed E-state index contributed by atoms with van der Waals surface area (Å²) in [6.45, 7) is 8.37. The Morgan fingerprint density at radius 1 is 1.00 bits per heavy atom. The molecule has 0 spiro atoms. The lowest BCUT2D eigenvalue weighted by Gasteiger charge is -2.15. The Kier molecular flexibility index (Phi) is 6.67. The number of ether oxygens (including phenoxy) is 1. The molecule has 2 aromatic carbocycles. The minimum atomic E-state index is -0.732. The molecule has 30 heavy (non-hydrogen) atoms. The summed E-state index contributed by atoms with van der Waals surface area (Å²) in [5.74, 6) is 0.494. The molecule has 156 valence electrons. The van der Waals surface area contributed by atoms with Crippen molar-refractivity contribution in [3.05, 3.63) is 81.6 Å². The van der Waals surface area contributed by atoms with Crippen LogP contribution < -0.4 is 15.6 Å². The summed E-state index contributed by atoms with van der Waals surface area (Å²) in [7, 11) is 0. The van der Waals surface area contributed by atoms with E-state index in [0.29, 0.717) is 18.8 Å². The number of hydrogen-bond donors (Lipinski definition) is 1. The van der Waals surface area contributed by atoms with Crippen molar-refractivity contribution in [2.24, 2.45) is 0 Å². The fourth-order valence-corrected chi connectivity index (χ4v) is 3.20. The average molecular weight is 405 g/mol. The molecule has 3 aromatic rings. The number of aromatic nitrogens is 2. The van der Waals surface area contributed by atoms with Gasteiger partial charge in [-0.05, 0) is 57.0 Å². The molecule has 0 saturated heterocycles. The summed E-state index contributed by atoms with van der Waals surface area (Å²) in [6, 6.07) is 16.2. The van der Waals surface area contributed by atoms with Gasteiger partial charge < -0.3 is 10.1 Å². The summed E-state index contributed by atoms with van der Waals surface area (Å²) in [5.41, 5.74) is 4.61. The van der Waals surface area contributed by atoms with E-state index in [2.05, 4.69) is 16.5 Å². The molecule has 1 atom stereocenters. The van der Waals surface area contributed by atoms with E-state index in [1.807, 2.05) is 57.2 Å². The first kappa shape index (κ1) is 21.3. The first-order valence-corrected chi connectivity index (χ1v) is 9.99. The Bertz CT molecular complexity index is 1070. The number of hydrogen-bond acceptors (Lipinski definition) is 4. The quantitative estimate of drug-likeness (QED) is 0.610. The van der Waals surface area contributed by atoms with Crippen molar-refractivity contribution in [2.75, 3.05) is 13.2 Å². The maximum atomic E-state index is 12.5. The van der Waals surface area contributed by atoms with Gasteiger partial charge in [-0.3, -0.25) is 9.59 Å². The van der Waals surface area contributed by atoms with Crippen LogP contribution in [-0.4, -0.2) is 28.8 Å². The van der Waals surface area contributed by atoms with E-state index in [-0.39, 0.29) is 11.5 Å². The largest absolute Gasteiger partial charge is 0.492 e. The lowest BCUT2D eigenvalue weighted by atomic mass is 10.1. The Hall–Kier alpha value is -3.41. The van der Waals surface area contributed by atoms with Gasteiger partial charge in [0, 0.05) is 11.6 Å².